The molecule has 0 fully saturated rings. The zero-order valence-corrected chi connectivity index (χ0v) is 29.7. The maximum Gasteiger partial charge on any atom is 0.0972 e. The lowest BCUT2D eigenvalue weighted by Gasteiger charge is -2.22. The summed E-state index contributed by atoms with van der Waals surface area (Å²) in [6.07, 6.45) is 14.7. The van der Waals surface area contributed by atoms with E-state index in [0.29, 0.717) is 0 Å². The normalized spacial score (nSPS) is 15.3. The fourth-order valence-corrected chi connectivity index (χ4v) is 8.75. The van der Waals surface area contributed by atoms with Crippen molar-refractivity contribution in [2.45, 2.75) is 25.2 Å². The van der Waals surface area contributed by atoms with Crippen molar-refractivity contribution in [3.63, 3.8) is 0 Å². The Balaban J connectivity index is 0.978. The molecule has 0 spiro atoms. The molecule has 0 saturated heterocycles. The minimum Gasteiger partial charge on any atom is -0.246 e. The summed E-state index contributed by atoms with van der Waals surface area (Å²) in [7, 11) is 0. The van der Waals surface area contributed by atoms with Gasteiger partial charge in [0.25, 0.3) is 0 Å². The largest absolute Gasteiger partial charge is 0.246 e. The molecular weight excluding hydrogens is 655 g/mol. The number of pyridine rings is 3. The Morgan fingerprint density at radius 1 is 0.481 bits per heavy atom. The molecule has 54 heavy (non-hydrogen) atoms. The Labute approximate surface area is 313 Å². The lowest BCUT2D eigenvalue weighted by molar-refractivity contribution is 0.857. The average molecular weight is 690 g/mol. The van der Waals surface area contributed by atoms with Crippen molar-refractivity contribution in [1.82, 2.24) is 15.0 Å². The van der Waals surface area contributed by atoms with Crippen LogP contribution in [0.1, 0.15) is 41.1 Å². The molecule has 2 aliphatic rings. The van der Waals surface area contributed by atoms with Gasteiger partial charge in [-0.3, -0.25) is 0 Å². The standard InChI is InChI=1S/C51H35N3/c1-2-11-33(12-3-1)45-29-27-35-25-26-36-28-30-46(53-50(36)49(35)52-45)34-23-21-32(22-24-34)37-13-10-14-38(31-37)48-44-20-9-7-18-42(44)47-41-17-6-4-15-39(41)40-16-5-8-19-43(40)51(47)54-48/h1-4,6-12,14-15,17-31,37H,5,13,16H2. The topological polar surface area (TPSA) is 38.7 Å². The molecule has 1 atom stereocenters. The lowest BCUT2D eigenvalue weighted by atomic mass is 9.85. The number of aromatic nitrogens is 3. The summed E-state index contributed by atoms with van der Waals surface area (Å²) in [5.74, 6) is 0.245. The summed E-state index contributed by atoms with van der Waals surface area (Å²) in [6.45, 7) is 0. The fraction of sp³-hybridized carbons (Fsp3) is 0.0784. The second kappa shape index (κ2) is 12.5. The van der Waals surface area contributed by atoms with E-state index >= 15 is 0 Å². The molecule has 3 aromatic heterocycles. The van der Waals surface area contributed by atoms with Gasteiger partial charge in [0.2, 0.25) is 0 Å². The summed E-state index contributed by atoms with van der Waals surface area (Å²) >= 11 is 0. The predicted molar refractivity (Wildman–Crippen MR) is 227 cm³/mol. The van der Waals surface area contributed by atoms with Crippen molar-refractivity contribution in [3.8, 4) is 22.5 Å². The van der Waals surface area contributed by atoms with Crippen molar-refractivity contribution < 1.29 is 0 Å². The number of allylic oxidation sites excluding steroid dienone is 5. The van der Waals surface area contributed by atoms with E-state index in [9.17, 15) is 0 Å². The smallest absolute Gasteiger partial charge is 0.0972 e. The van der Waals surface area contributed by atoms with E-state index in [1.165, 1.54) is 49.2 Å². The highest BCUT2D eigenvalue weighted by atomic mass is 14.8. The van der Waals surface area contributed by atoms with Gasteiger partial charge in [-0.25, -0.2) is 15.0 Å². The summed E-state index contributed by atoms with van der Waals surface area (Å²) in [5.41, 5.74) is 13.3. The Morgan fingerprint density at radius 3 is 1.81 bits per heavy atom. The predicted octanol–water partition coefficient (Wildman–Crippen LogP) is 13.1. The first-order chi connectivity index (χ1) is 26.8. The van der Waals surface area contributed by atoms with Crippen LogP contribution in [0.4, 0.5) is 0 Å². The number of aryl methyl sites for hydroxylation is 1. The highest BCUT2D eigenvalue weighted by Crippen LogP contribution is 2.42. The van der Waals surface area contributed by atoms with Crippen molar-refractivity contribution >= 4 is 65.9 Å². The zero-order valence-electron chi connectivity index (χ0n) is 29.7. The van der Waals surface area contributed by atoms with Gasteiger partial charge < -0.3 is 0 Å². The van der Waals surface area contributed by atoms with Gasteiger partial charge in [-0.15, -0.1) is 0 Å². The number of benzene rings is 6. The van der Waals surface area contributed by atoms with Gasteiger partial charge in [0.1, 0.15) is 0 Å². The molecule has 1 unspecified atom stereocenters. The van der Waals surface area contributed by atoms with E-state index < -0.39 is 0 Å². The second-order valence-electron chi connectivity index (χ2n) is 14.6. The molecule has 3 heterocycles. The van der Waals surface area contributed by atoms with Crippen LogP contribution in [-0.4, -0.2) is 15.0 Å². The first-order valence-electron chi connectivity index (χ1n) is 18.9. The Bertz CT molecular complexity index is 3060. The highest BCUT2D eigenvalue weighted by Gasteiger charge is 2.22. The third-order valence-corrected chi connectivity index (χ3v) is 11.4. The van der Waals surface area contributed by atoms with Crippen molar-refractivity contribution in [3.05, 3.63) is 186 Å². The molecule has 0 N–H and O–H groups in total. The SMILES string of the molecule is C1=Cc2c(c3ccccc3c3c2nc(C2=CC(c4ccc(-c5ccc6ccc7ccc(-c8ccccc8)nc7c6n5)cc4)CC=C2)c2ccccc23)CC1. The van der Waals surface area contributed by atoms with Crippen LogP contribution in [-0.2, 0) is 6.42 Å². The third kappa shape index (κ3) is 5.00. The second-order valence-corrected chi connectivity index (χ2v) is 14.6. The van der Waals surface area contributed by atoms with E-state index in [1.54, 1.807) is 0 Å². The van der Waals surface area contributed by atoms with Gasteiger partial charge in [0.05, 0.1) is 33.6 Å². The molecule has 11 rings (SSSR count). The van der Waals surface area contributed by atoms with Crippen molar-refractivity contribution in [1.29, 1.82) is 0 Å². The van der Waals surface area contributed by atoms with Crippen LogP contribution < -0.4 is 0 Å². The van der Waals surface area contributed by atoms with Crippen LogP contribution in [0.2, 0.25) is 0 Å². The zero-order chi connectivity index (χ0) is 35.6. The minimum atomic E-state index is 0.245. The number of fused-ring (bicyclic) bond motifs is 11. The van der Waals surface area contributed by atoms with Gasteiger partial charge in [0, 0.05) is 44.2 Å². The van der Waals surface area contributed by atoms with Crippen molar-refractivity contribution in [2.24, 2.45) is 0 Å². The van der Waals surface area contributed by atoms with Gasteiger partial charge in [-0.2, -0.15) is 0 Å². The molecule has 254 valence electrons. The van der Waals surface area contributed by atoms with Gasteiger partial charge >= 0.3 is 0 Å². The minimum absolute atomic E-state index is 0.245. The van der Waals surface area contributed by atoms with Gasteiger partial charge in [0.15, 0.2) is 0 Å². The van der Waals surface area contributed by atoms with Crippen LogP contribution in [0.3, 0.4) is 0 Å². The van der Waals surface area contributed by atoms with E-state index in [4.69, 9.17) is 15.0 Å². The van der Waals surface area contributed by atoms with Gasteiger partial charge in [-0.1, -0.05) is 158 Å². The monoisotopic (exact) mass is 689 g/mol. The number of hydrogen-bond acceptors (Lipinski definition) is 3. The highest BCUT2D eigenvalue weighted by molar-refractivity contribution is 6.23. The van der Waals surface area contributed by atoms with Crippen molar-refractivity contribution in [2.75, 3.05) is 0 Å². The van der Waals surface area contributed by atoms with Crippen LogP contribution in [0.5, 0.6) is 0 Å². The van der Waals surface area contributed by atoms with E-state index in [0.717, 1.165) is 74.8 Å². The number of rotatable bonds is 4. The molecule has 0 saturated carbocycles. The van der Waals surface area contributed by atoms with E-state index in [1.807, 2.05) is 6.07 Å². The Morgan fingerprint density at radius 2 is 1.09 bits per heavy atom. The van der Waals surface area contributed by atoms with Crippen LogP contribution in [0.25, 0.3) is 88.4 Å². The van der Waals surface area contributed by atoms with Crippen LogP contribution >= 0.6 is 0 Å². The number of nitrogens with zero attached hydrogens (tertiary/aromatic N) is 3. The molecule has 3 heteroatoms. The van der Waals surface area contributed by atoms with Crippen LogP contribution in [0.15, 0.2) is 164 Å². The first-order valence-corrected chi connectivity index (χ1v) is 18.9. The van der Waals surface area contributed by atoms with E-state index in [-0.39, 0.29) is 5.92 Å². The quantitative estimate of drug-likeness (QED) is 0.173. The molecule has 9 aromatic rings. The first kappa shape index (κ1) is 30.9. The molecule has 0 bridgehead atoms. The average Bonchev–Trinajstić information content (AvgIpc) is 3.26. The maximum atomic E-state index is 5.56. The molecule has 6 aromatic carbocycles. The number of hydrogen-bond donors (Lipinski definition) is 0. The molecule has 3 nitrogen and oxygen atoms in total. The molecule has 2 aliphatic carbocycles. The summed E-state index contributed by atoms with van der Waals surface area (Å²) < 4.78 is 0. The Kier molecular flexibility index (Phi) is 7.12. The summed E-state index contributed by atoms with van der Waals surface area (Å²) in [5, 5.41) is 8.54. The lowest BCUT2D eigenvalue weighted by Crippen LogP contribution is -2.04. The third-order valence-electron chi connectivity index (χ3n) is 11.4. The summed E-state index contributed by atoms with van der Waals surface area (Å²) in [4.78, 5) is 15.9. The molecule has 0 radical (unpaired) electrons. The van der Waals surface area contributed by atoms with Gasteiger partial charge in [-0.05, 0) is 64.3 Å². The van der Waals surface area contributed by atoms with Crippen LogP contribution in [0, 0.1) is 0 Å². The summed E-state index contributed by atoms with van der Waals surface area (Å²) in [6, 6.07) is 49.9. The maximum absolute atomic E-state index is 5.56. The molecule has 0 aliphatic heterocycles. The van der Waals surface area contributed by atoms with E-state index in [2.05, 4.69) is 164 Å². The molecular formula is C51H35N3. The Hall–Kier alpha value is -6.71. The fourth-order valence-electron chi connectivity index (χ4n) is 8.75. The molecule has 0 amide bonds.